The van der Waals surface area contributed by atoms with E-state index in [2.05, 4.69) is 10.6 Å². The van der Waals surface area contributed by atoms with E-state index < -0.39 is 11.7 Å². The smallest absolute Gasteiger partial charge is 0.384 e. The number of anilines is 2. The van der Waals surface area contributed by atoms with Crippen LogP contribution in [0.1, 0.15) is 23.1 Å². The van der Waals surface area contributed by atoms with E-state index in [1.165, 1.54) is 12.1 Å². The molecule has 1 amide bonds. The lowest BCUT2D eigenvalue weighted by Gasteiger charge is -2.12. The molecular weight excluding hydrogens is 317 g/mol. The van der Waals surface area contributed by atoms with Crippen LogP contribution in [0, 0.1) is 13.8 Å². The molecule has 0 aliphatic carbocycles. The van der Waals surface area contributed by atoms with Gasteiger partial charge in [0.05, 0.1) is 5.56 Å². The first kappa shape index (κ1) is 17.8. The van der Waals surface area contributed by atoms with Crippen molar-refractivity contribution in [1.29, 1.82) is 0 Å². The lowest BCUT2D eigenvalue weighted by atomic mass is 10.1. The van der Waals surface area contributed by atoms with Gasteiger partial charge in [0.15, 0.2) is 0 Å². The summed E-state index contributed by atoms with van der Waals surface area (Å²) in [5.41, 5.74) is 2.48. The van der Waals surface area contributed by atoms with Gasteiger partial charge < -0.3 is 10.6 Å². The molecule has 0 spiro atoms. The van der Waals surface area contributed by atoms with Crippen LogP contribution in [0.2, 0.25) is 0 Å². The molecule has 3 nitrogen and oxygen atoms in total. The monoisotopic (exact) mass is 336 g/mol. The fraction of sp³-hybridized carbons (Fsp3) is 0.278. The van der Waals surface area contributed by atoms with Crippen molar-refractivity contribution in [2.75, 3.05) is 17.2 Å². The number of aryl methyl sites for hydroxylation is 2. The number of hydrogen-bond acceptors (Lipinski definition) is 2. The van der Waals surface area contributed by atoms with E-state index in [9.17, 15) is 18.0 Å². The average molecular weight is 336 g/mol. The van der Waals surface area contributed by atoms with Crippen LogP contribution < -0.4 is 10.6 Å². The van der Waals surface area contributed by atoms with E-state index in [1.54, 1.807) is 0 Å². The second-order valence-electron chi connectivity index (χ2n) is 5.62. The van der Waals surface area contributed by atoms with E-state index >= 15 is 0 Å². The Morgan fingerprint density at radius 2 is 1.83 bits per heavy atom. The zero-order valence-corrected chi connectivity index (χ0v) is 13.5. The summed E-state index contributed by atoms with van der Waals surface area (Å²) in [5.74, 6) is -0.341. The van der Waals surface area contributed by atoms with Crippen LogP contribution in [0.25, 0.3) is 0 Å². The first-order chi connectivity index (χ1) is 11.3. The summed E-state index contributed by atoms with van der Waals surface area (Å²) in [6.45, 7) is 4.34. The minimum Gasteiger partial charge on any atom is -0.384 e. The number of carbonyl (C=O) groups excluding carboxylic acids is 1. The summed E-state index contributed by atoms with van der Waals surface area (Å²) in [6, 6.07) is 10.6. The predicted octanol–water partition coefficient (Wildman–Crippen LogP) is 4.76. The fourth-order valence-corrected chi connectivity index (χ4v) is 2.23. The maximum absolute atomic E-state index is 12.6. The Bertz CT molecular complexity index is 726. The number of rotatable bonds is 5. The lowest BCUT2D eigenvalue weighted by molar-refractivity contribution is -0.137. The van der Waals surface area contributed by atoms with Gasteiger partial charge in [0, 0.05) is 24.3 Å². The Labute approximate surface area is 138 Å². The molecule has 0 unspecified atom stereocenters. The van der Waals surface area contributed by atoms with Gasteiger partial charge in [-0.2, -0.15) is 13.2 Å². The molecule has 0 saturated carbocycles. The molecule has 0 bridgehead atoms. The SMILES string of the molecule is Cc1ccc(C)c(NCCC(=O)Nc2cccc(C(F)(F)F)c2)c1. The fourth-order valence-electron chi connectivity index (χ4n) is 2.23. The molecule has 128 valence electrons. The normalized spacial score (nSPS) is 11.2. The molecule has 6 heteroatoms. The highest BCUT2D eigenvalue weighted by Gasteiger charge is 2.30. The number of amides is 1. The minimum atomic E-state index is -4.43. The molecule has 2 aromatic rings. The van der Waals surface area contributed by atoms with Gasteiger partial charge in [-0.1, -0.05) is 18.2 Å². The number of hydrogen-bond donors (Lipinski definition) is 2. The van der Waals surface area contributed by atoms with E-state index in [1.807, 2.05) is 32.0 Å². The first-order valence-electron chi connectivity index (χ1n) is 7.54. The molecule has 0 fully saturated rings. The summed E-state index contributed by atoms with van der Waals surface area (Å²) >= 11 is 0. The number of benzene rings is 2. The van der Waals surface area contributed by atoms with E-state index in [-0.39, 0.29) is 18.0 Å². The molecule has 2 aromatic carbocycles. The highest BCUT2D eigenvalue weighted by Crippen LogP contribution is 2.30. The Morgan fingerprint density at radius 1 is 1.08 bits per heavy atom. The average Bonchev–Trinajstić information content (AvgIpc) is 2.50. The molecule has 0 aromatic heterocycles. The van der Waals surface area contributed by atoms with Crippen molar-refractivity contribution in [2.24, 2.45) is 0 Å². The van der Waals surface area contributed by atoms with Gasteiger partial charge >= 0.3 is 6.18 Å². The quantitative estimate of drug-likeness (QED) is 0.826. The summed E-state index contributed by atoms with van der Waals surface area (Å²) in [4.78, 5) is 11.9. The van der Waals surface area contributed by atoms with Crippen LogP contribution >= 0.6 is 0 Å². The summed E-state index contributed by atoms with van der Waals surface area (Å²) < 4.78 is 37.9. The van der Waals surface area contributed by atoms with Gasteiger partial charge in [0.1, 0.15) is 0 Å². The first-order valence-corrected chi connectivity index (χ1v) is 7.54. The van der Waals surface area contributed by atoms with Crippen molar-refractivity contribution < 1.29 is 18.0 Å². The van der Waals surface area contributed by atoms with E-state index in [0.29, 0.717) is 6.54 Å². The minimum absolute atomic E-state index is 0.140. The van der Waals surface area contributed by atoms with Crippen LogP contribution in [0.15, 0.2) is 42.5 Å². The Morgan fingerprint density at radius 3 is 2.54 bits per heavy atom. The number of nitrogens with one attached hydrogen (secondary N) is 2. The van der Waals surface area contributed by atoms with Crippen molar-refractivity contribution in [3.05, 3.63) is 59.2 Å². The highest BCUT2D eigenvalue weighted by molar-refractivity contribution is 5.91. The van der Waals surface area contributed by atoms with Crippen LogP contribution in [-0.2, 0) is 11.0 Å². The Hall–Kier alpha value is -2.50. The largest absolute Gasteiger partial charge is 0.416 e. The number of carbonyl (C=O) groups is 1. The zero-order chi connectivity index (χ0) is 17.7. The van der Waals surface area contributed by atoms with Gasteiger partial charge in [-0.3, -0.25) is 4.79 Å². The zero-order valence-electron chi connectivity index (χ0n) is 13.5. The number of halogens is 3. The lowest BCUT2D eigenvalue weighted by Crippen LogP contribution is -2.17. The molecule has 0 aliphatic rings. The van der Waals surface area contributed by atoms with Crippen molar-refractivity contribution in [3.8, 4) is 0 Å². The Balaban J connectivity index is 1.89. The van der Waals surface area contributed by atoms with Gasteiger partial charge in [-0.05, 0) is 49.2 Å². The summed E-state index contributed by atoms with van der Waals surface area (Å²) in [7, 11) is 0. The van der Waals surface area contributed by atoms with Crippen molar-refractivity contribution in [2.45, 2.75) is 26.4 Å². The molecule has 0 aliphatic heterocycles. The molecule has 0 heterocycles. The molecule has 2 N–H and O–H groups in total. The van der Waals surface area contributed by atoms with Crippen molar-refractivity contribution in [3.63, 3.8) is 0 Å². The van der Waals surface area contributed by atoms with E-state index in [4.69, 9.17) is 0 Å². The van der Waals surface area contributed by atoms with Crippen LogP contribution in [0.3, 0.4) is 0 Å². The van der Waals surface area contributed by atoms with Crippen molar-refractivity contribution >= 4 is 17.3 Å². The highest BCUT2D eigenvalue weighted by atomic mass is 19.4. The van der Waals surface area contributed by atoms with Gasteiger partial charge in [0.25, 0.3) is 0 Å². The summed E-state index contributed by atoms with van der Waals surface area (Å²) in [6.07, 6.45) is -4.27. The van der Waals surface area contributed by atoms with Crippen LogP contribution in [0.4, 0.5) is 24.5 Å². The third kappa shape index (κ3) is 5.01. The van der Waals surface area contributed by atoms with Gasteiger partial charge in [-0.15, -0.1) is 0 Å². The van der Waals surface area contributed by atoms with E-state index in [0.717, 1.165) is 28.9 Å². The maximum Gasteiger partial charge on any atom is 0.416 e. The second-order valence-corrected chi connectivity index (χ2v) is 5.62. The molecule has 24 heavy (non-hydrogen) atoms. The maximum atomic E-state index is 12.6. The topological polar surface area (TPSA) is 41.1 Å². The molecule has 0 radical (unpaired) electrons. The van der Waals surface area contributed by atoms with Crippen molar-refractivity contribution in [1.82, 2.24) is 0 Å². The molecule has 0 saturated heterocycles. The standard InChI is InChI=1S/C18H19F3N2O/c1-12-6-7-13(2)16(10-12)22-9-8-17(24)23-15-5-3-4-14(11-15)18(19,20)21/h3-7,10-11,22H,8-9H2,1-2H3,(H,23,24). The third-order valence-corrected chi connectivity index (χ3v) is 3.53. The summed E-state index contributed by atoms with van der Waals surface area (Å²) in [5, 5.41) is 5.65. The Kier molecular flexibility index (Phi) is 5.49. The predicted molar refractivity (Wildman–Crippen MR) is 89.1 cm³/mol. The molecule has 2 rings (SSSR count). The van der Waals surface area contributed by atoms with Crippen LogP contribution in [0.5, 0.6) is 0 Å². The third-order valence-electron chi connectivity index (χ3n) is 3.53. The molecule has 0 atom stereocenters. The van der Waals surface area contributed by atoms with Crippen LogP contribution in [-0.4, -0.2) is 12.5 Å². The van der Waals surface area contributed by atoms with Gasteiger partial charge in [0.2, 0.25) is 5.91 Å². The van der Waals surface area contributed by atoms with Gasteiger partial charge in [-0.25, -0.2) is 0 Å². The number of alkyl halides is 3. The molecular formula is C18H19F3N2O. The second kappa shape index (κ2) is 7.38.